The van der Waals surface area contributed by atoms with E-state index in [-0.39, 0.29) is 24.0 Å². The predicted octanol–water partition coefficient (Wildman–Crippen LogP) is 2.48. The molecule has 142 valence electrons. The van der Waals surface area contributed by atoms with Gasteiger partial charge in [-0.25, -0.2) is 0 Å². The first-order valence-corrected chi connectivity index (χ1v) is 9.03. The molecule has 0 spiro atoms. The molecule has 1 unspecified atom stereocenters. The van der Waals surface area contributed by atoms with Crippen LogP contribution in [0.25, 0.3) is 10.9 Å². The minimum absolute atomic E-state index is 0.0295. The number of H-pyrrole nitrogens is 1. The van der Waals surface area contributed by atoms with Crippen LogP contribution in [0.3, 0.4) is 0 Å². The number of carbonyl (C=O) groups is 1. The van der Waals surface area contributed by atoms with Crippen LogP contribution in [0.2, 0.25) is 0 Å². The zero-order valence-corrected chi connectivity index (χ0v) is 15.0. The molecule has 27 heavy (non-hydrogen) atoms. The van der Waals surface area contributed by atoms with Gasteiger partial charge >= 0.3 is 0 Å². The van der Waals surface area contributed by atoms with Crippen LogP contribution in [-0.4, -0.2) is 39.4 Å². The van der Waals surface area contributed by atoms with Gasteiger partial charge in [-0.05, 0) is 42.5 Å². The Balaban J connectivity index is 1.59. The van der Waals surface area contributed by atoms with Crippen molar-refractivity contribution in [2.24, 2.45) is 5.92 Å². The first-order chi connectivity index (χ1) is 13.1. The van der Waals surface area contributed by atoms with Gasteiger partial charge in [0.15, 0.2) is 0 Å². The molecule has 5 N–H and O–H groups in total. The summed E-state index contributed by atoms with van der Waals surface area (Å²) in [5.41, 5.74) is 2.78. The Bertz CT molecular complexity index is 919. The first-order valence-electron chi connectivity index (χ1n) is 9.03. The van der Waals surface area contributed by atoms with Gasteiger partial charge in [0.05, 0.1) is 0 Å². The van der Waals surface area contributed by atoms with Gasteiger partial charge in [0.25, 0.3) is 0 Å². The third kappa shape index (κ3) is 4.60. The van der Waals surface area contributed by atoms with E-state index < -0.39 is 5.92 Å². The number of para-hydroxylation sites is 1. The minimum Gasteiger partial charge on any atom is -0.508 e. The normalized spacial score (nSPS) is 12.2. The minimum atomic E-state index is -0.451. The van der Waals surface area contributed by atoms with Crippen molar-refractivity contribution < 1.29 is 20.1 Å². The summed E-state index contributed by atoms with van der Waals surface area (Å²) in [5.74, 6) is -0.688. The molecule has 1 atom stereocenters. The summed E-state index contributed by atoms with van der Waals surface area (Å²) in [7, 11) is 0. The highest BCUT2D eigenvalue weighted by Gasteiger charge is 2.20. The van der Waals surface area contributed by atoms with E-state index >= 15 is 0 Å². The molecule has 0 aliphatic carbocycles. The van der Waals surface area contributed by atoms with Crippen molar-refractivity contribution in [2.45, 2.75) is 19.3 Å². The van der Waals surface area contributed by atoms with Gasteiger partial charge in [-0.3, -0.25) is 4.79 Å². The second-order valence-corrected chi connectivity index (χ2v) is 6.63. The number of aliphatic hydroxyl groups is 1. The Morgan fingerprint density at radius 1 is 1.11 bits per heavy atom. The van der Waals surface area contributed by atoms with Crippen LogP contribution in [-0.2, 0) is 17.6 Å². The molecule has 0 radical (unpaired) electrons. The number of amides is 1. The van der Waals surface area contributed by atoms with E-state index in [1.807, 2.05) is 30.5 Å². The van der Waals surface area contributed by atoms with Crippen molar-refractivity contribution in [3.8, 4) is 11.5 Å². The number of carbonyl (C=O) groups excluding carboxylic acids is 1. The zero-order valence-electron chi connectivity index (χ0n) is 15.0. The van der Waals surface area contributed by atoms with E-state index in [2.05, 4.69) is 10.3 Å². The summed E-state index contributed by atoms with van der Waals surface area (Å²) in [6.07, 6.45) is 3.26. The average molecular weight is 368 g/mol. The fourth-order valence-corrected chi connectivity index (χ4v) is 3.28. The molecule has 0 saturated carbocycles. The molecule has 0 aliphatic rings. The molecular formula is C21H24N2O4. The van der Waals surface area contributed by atoms with Crippen molar-refractivity contribution in [2.75, 3.05) is 13.2 Å². The maximum absolute atomic E-state index is 12.5. The highest BCUT2D eigenvalue weighted by molar-refractivity contribution is 5.83. The van der Waals surface area contributed by atoms with E-state index in [0.29, 0.717) is 31.4 Å². The SMILES string of the molecule is O=C(NCCc1c[nH]c2ccccc12)C(CCO)Cc1ccc(O)cc1O. The first kappa shape index (κ1) is 18.8. The van der Waals surface area contributed by atoms with Crippen LogP contribution in [0.15, 0.2) is 48.7 Å². The Morgan fingerprint density at radius 2 is 1.93 bits per heavy atom. The van der Waals surface area contributed by atoms with Crippen LogP contribution < -0.4 is 5.32 Å². The van der Waals surface area contributed by atoms with Crippen LogP contribution >= 0.6 is 0 Å². The lowest BCUT2D eigenvalue weighted by Crippen LogP contribution is -2.34. The van der Waals surface area contributed by atoms with E-state index in [4.69, 9.17) is 0 Å². The zero-order chi connectivity index (χ0) is 19.2. The lowest BCUT2D eigenvalue weighted by atomic mass is 9.94. The number of rotatable bonds is 8. The van der Waals surface area contributed by atoms with Gasteiger partial charge in [-0.15, -0.1) is 0 Å². The number of aromatic amines is 1. The Hall–Kier alpha value is -2.99. The average Bonchev–Trinajstić information content (AvgIpc) is 3.06. The largest absolute Gasteiger partial charge is 0.508 e. The number of fused-ring (bicyclic) bond motifs is 1. The van der Waals surface area contributed by atoms with Crippen molar-refractivity contribution >= 4 is 16.8 Å². The molecule has 6 nitrogen and oxygen atoms in total. The predicted molar refractivity (Wildman–Crippen MR) is 104 cm³/mol. The Kier molecular flexibility index (Phi) is 5.98. The molecule has 0 fully saturated rings. The third-order valence-electron chi connectivity index (χ3n) is 4.75. The fraction of sp³-hybridized carbons (Fsp3) is 0.286. The number of hydrogen-bond acceptors (Lipinski definition) is 4. The summed E-state index contributed by atoms with van der Waals surface area (Å²) in [5, 5.41) is 32.7. The van der Waals surface area contributed by atoms with Crippen LogP contribution in [0.4, 0.5) is 0 Å². The highest BCUT2D eigenvalue weighted by atomic mass is 16.3. The van der Waals surface area contributed by atoms with Crippen LogP contribution in [0.1, 0.15) is 17.5 Å². The van der Waals surface area contributed by atoms with Crippen molar-refractivity contribution in [3.05, 3.63) is 59.8 Å². The lowest BCUT2D eigenvalue weighted by molar-refractivity contribution is -0.125. The number of hydrogen-bond donors (Lipinski definition) is 5. The number of aromatic hydroxyl groups is 2. The quantitative estimate of drug-likeness (QED) is 0.421. The van der Waals surface area contributed by atoms with Gasteiger partial charge in [0, 0.05) is 42.2 Å². The maximum Gasteiger partial charge on any atom is 0.223 e. The summed E-state index contributed by atoms with van der Waals surface area (Å²) < 4.78 is 0. The molecular weight excluding hydrogens is 344 g/mol. The molecule has 1 aromatic heterocycles. The molecule has 0 aliphatic heterocycles. The van der Waals surface area contributed by atoms with Crippen molar-refractivity contribution in [1.29, 1.82) is 0 Å². The molecule has 0 bridgehead atoms. The van der Waals surface area contributed by atoms with Gasteiger partial charge in [0.2, 0.25) is 5.91 Å². The van der Waals surface area contributed by atoms with Crippen molar-refractivity contribution in [3.63, 3.8) is 0 Å². The molecule has 3 rings (SSSR count). The second kappa shape index (κ2) is 8.60. The van der Waals surface area contributed by atoms with Gasteiger partial charge in [-0.1, -0.05) is 24.3 Å². The van der Waals surface area contributed by atoms with E-state index in [0.717, 1.165) is 16.5 Å². The molecule has 1 amide bonds. The van der Waals surface area contributed by atoms with Gasteiger partial charge in [-0.2, -0.15) is 0 Å². The molecule has 3 aromatic rings. The number of aromatic nitrogens is 1. The number of phenolic OH excluding ortho intramolecular Hbond substituents is 2. The van der Waals surface area contributed by atoms with Crippen LogP contribution in [0, 0.1) is 5.92 Å². The third-order valence-corrected chi connectivity index (χ3v) is 4.75. The number of aliphatic hydroxyl groups excluding tert-OH is 1. The van der Waals surface area contributed by atoms with E-state index in [9.17, 15) is 20.1 Å². The van der Waals surface area contributed by atoms with E-state index in [1.54, 1.807) is 6.07 Å². The summed E-state index contributed by atoms with van der Waals surface area (Å²) in [6, 6.07) is 12.3. The second-order valence-electron chi connectivity index (χ2n) is 6.63. The van der Waals surface area contributed by atoms with Gasteiger partial charge < -0.3 is 25.6 Å². The maximum atomic E-state index is 12.5. The summed E-state index contributed by atoms with van der Waals surface area (Å²) >= 11 is 0. The number of nitrogens with one attached hydrogen (secondary N) is 2. The molecule has 0 saturated heterocycles. The summed E-state index contributed by atoms with van der Waals surface area (Å²) in [4.78, 5) is 15.8. The summed E-state index contributed by atoms with van der Waals surface area (Å²) in [6.45, 7) is 0.379. The van der Waals surface area contributed by atoms with Crippen molar-refractivity contribution in [1.82, 2.24) is 10.3 Å². The topological polar surface area (TPSA) is 106 Å². The molecule has 2 aromatic carbocycles. The monoisotopic (exact) mass is 368 g/mol. The molecule has 6 heteroatoms. The van der Waals surface area contributed by atoms with Crippen LogP contribution in [0.5, 0.6) is 11.5 Å². The number of phenols is 2. The van der Waals surface area contributed by atoms with Gasteiger partial charge in [0.1, 0.15) is 11.5 Å². The Labute approximate surface area is 157 Å². The number of benzene rings is 2. The van der Waals surface area contributed by atoms with E-state index in [1.165, 1.54) is 12.1 Å². The lowest BCUT2D eigenvalue weighted by Gasteiger charge is -2.16. The Morgan fingerprint density at radius 3 is 2.70 bits per heavy atom. The highest BCUT2D eigenvalue weighted by Crippen LogP contribution is 2.26. The smallest absolute Gasteiger partial charge is 0.223 e. The standard InChI is InChI=1S/C21H24N2O4/c24-10-8-15(11-14-5-6-17(25)12-20(14)26)21(27)22-9-7-16-13-23-19-4-2-1-3-18(16)19/h1-6,12-13,15,23-26H,7-11H2,(H,22,27). The molecule has 1 heterocycles. The fourth-order valence-electron chi connectivity index (χ4n) is 3.28.